The van der Waals surface area contributed by atoms with E-state index >= 15 is 0 Å². The van der Waals surface area contributed by atoms with Crippen molar-refractivity contribution in [3.8, 4) is 0 Å². The molecule has 0 unspecified atom stereocenters. The maximum Gasteiger partial charge on any atom is 0.539 e. The van der Waals surface area contributed by atoms with Crippen LogP contribution in [0.15, 0.2) is 0 Å². The molecule has 14 heteroatoms. The van der Waals surface area contributed by atoms with Gasteiger partial charge in [0.2, 0.25) is 10.5 Å². The first-order valence-corrected chi connectivity index (χ1v) is 6.40. The summed E-state index contributed by atoms with van der Waals surface area (Å²) in [6.07, 6.45) is 0. The number of alkyl halides is 9. The molecule has 0 fully saturated rings. The van der Waals surface area contributed by atoms with Gasteiger partial charge in [-0.15, -0.1) is 0 Å². The summed E-state index contributed by atoms with van der Waals surface area (Å²) in [6, 6.07) is 0. The standard InChI is InChI=1S/C3F9O2Si3/c4-1(5,6)17(2(7,8)9,3(10,11)12)14-16-13-15. The summed E-state index contributed by atoms with van der Waals surface area (Å²) in [6.45, 7) is 0. The molecule has 0 aliphatic rings. The van der Waals surface area contributed by atoms with E-state index in [9.17, 15) is 39.5 Å². The molecule has 0 aliphatic carbocycles. The van der Waals surface area contributed by atoms with Crippen LogP contribution in [0.5, 0.6) is 0 Å². The van der Waals surface area contributed by atoms with Crippen LogP contribution in [0.4, 0.5) is 39.5 Å². The first-order valence-electron chi connectivity index (χ1n) is 3.27. The second-order valence-corrected chi connectivity index (χ2v) is 7.32. The number of halogens is 9. The lowest BCUT2D eigenvalue weighted by Gasteiger charge is -2.34. The van der Waals surface area contributed by atoms with Crippen LogP contribution in [0.25, 0.3) is 0 Å². The van der Waals surface area contributed by atoms with E-state index in [0.717, 1.165) is 0 Å². The van der Waals surface area contributed by atoms with Gasteiger partial charge in [-0.2, -0.15) is 39.5 Å². The molecular formula is C3F9O2Si3. The molecule has 5 radical (unpaired) electrons. The van der Waals surface area contributed by atoms with Crippen LogP contribution in [0.1, 0.15) is 0 Å². The van der Waals surface area contributed by atoms with Gasteiger partial charge in [0.25, 0.3) is 0 Å². The van der Waals surface area contributed by atoms with Gasteiger partial charge in [0.1, 0.15) is 0 Å². The molecule has 0 aromatic carbocycles. The molecule has 99 valence electrons. The van der Waals surface area contributed by atoms with Crippen molar-refractivity contribution < 1.29 is 47.7 Å². The highest BCUT2D eigenvalue weighted by Gasteiger charge is 2.90. The summed E-state index contributed by atoms with van der Waals surface area (Å²) in [5.41, 5.74) is 0. The maximum atomic E-state index is 12.1. The molecule has 0 aromatic rings. The highest BCUT2D eigenvalue weighted by Crippen LogP contribution is 2.50. The normalized spacial score (nSPS) is 15.2. The van der Waals surface area contributed by atoms with Crippen LogP contribution in [-0.4, -0.2) is 46.2 Å². The van der Waals surface area contributed by atoms with Crippen LogP contribution in [0, 0.1) is 0 Å². The molecule has 0 heterocycles. The third-order valence-corrected chi connectivity index (χ3v) is 5.72. The molecular weight excluding hydrogens is 323 g/mol. The highest BCUT2D eigenvalue weighted by molar-refractivity contribution is 6.82. The smallest absolute Gasteiger partial charge is 0.435 e. The highest BCUT2D eigenvalue weighted by atomic mass is 28.4. The fourth-order valence-electron chi connectivity index (χ4n) is 0.739. The van der Waals surface area contributed by atoms with Crippen LogP contribution >= 0.6 is 0 Å². The minimum Gasteiger partial charge on any atom is -0.435 e. The quantitative estimate of drug-likeness (QED) is 0.583. The first-order chi connectivity index (χ1) is 7.31. The Morgan fingerprint density at radius 2 is 1.06 bits per heavy atom. The SMILES string of the molecule is FC(F)(F)[Si](O[Si]O[Si])(C(F)(F)F)C(F)(F)F. The van der Waals surface area contributed by atoms with E-state index in [4.69, 9.17) is 0 Å². The summed E-state index contributed by atoms with van der Waals surface area (Å²) in [5.74, 6) is -19.8. The largest absolute Gasteiger partial charge is 0.539 e. The summed E-state index contributed by atoms with van der Waals surface area (Å²) in [4.78, 5) is 0. The Balaban J connectivity index is 5.75. The molecule has 0 rings (SSSR count). The third-order valence-electron chi connectivity index (χ3n) is 1.43. The predicted octanol–water partition coefficient (Wildman–Crippen LogP) is 1.89. The summed E-state index contributed by atoms with van der Waals surface area (Å²) < 4.78 is 116. The molecule has 0 bridgehead atoms. The van der Waals surface area contributed by atoms with Crippen LogP contribution < -0.4 is 0 Å². The van der Waals surface area contributed by atoms with Gasteiger partial charge in [-0.25, -0.2) is 0 Å². The van der Waals surface area contributed by atoms with E-state index in [1.807, 2.05) is 10.5 Å². The molecule has 0 N–H and O–H groups in total. The summed E-state index contributed by atoms with van der Waals surface area (Å²) >= 11 is 0. The van der Waals surface area contributed by atoms with E-state index in [2.05, 4.69) is 8.23 Å². The molecule has 0 spiro atoms. The van der Waals surface area contributed by atoms with Crippen molar-refractivity contribution in [1.29, 1.82) is 0 Å². The number of rotatable bonds is 3. The zero-order chi connectivity index (χ0) is 14.1. The van der Waals surface area contributed by atoms with Crippen molar-refractivity contribution in [2.45, 2.75) is 17.4 Å². The summed E-state index contributed by atoms with van der Waals surface area (Å²) in [5, 5.41) is 0. The van der Waals surface area contributed by atoms with Gasteiger partial charge in [0.05, 0.1) is 0 Å². The van der Waals surface area contributed by atoms with Gasteiger partial charge >= 0.3 is 35.7 Å². The van der Waals surface area contributed by atoms with Crippen LogP contribution in [0.2, 0.25) is 0 Å². The molecule has 0 atom stereocenters. The first kappa shape index (κ1) is 16.9. The van der Waals surface area contributed by atoms with Gasteiger partial charge in [0.15, 0.2) is 0 Å². The predicted molar refractivity (Wildman–Crippen MR) is 37.6 cm³/mol. The molecule has 0 amide bonds. The third kappa shape index (κ3) is 3.04. The van der Waals surface area contributed by atoms with Gasteiger partial charge in [0, 0.05) is 0 Å². The number of hydrogen-bond acceptors (Lipinski definition) is 2. The van der Waals surface area contributed by atoms with Gasteiger partial charge in [-0.05, 0) is 0 Å². The Morgan fingerprint density at radius 3 is 1.24 bits per heavy atom. The van der Waals surface area contributed by atoms with E-state index < -0.39 is 35.7 Å². The Bertz CT molecular complexity index is 220. The summed E-state index contributed by atoms with van der Waals surface area (Å²) in [7, 11) is -8.20. The Hall–Kier alpha value is -0.0594. The maximum absolute atomic E-state index is 12.1. The molecule has 0 aliphatic heterocycles. The van der Waals surface area contributed by atoms with Crippen LogP contribution in [-0.2, 0) is 8.23 Å². The fraction of sp³-hybridized carbons (Fsp3) is 1.00. The number of hydrogen-bond donors (Lipinski definition) is 0. The van der Waals surface area contributed by atoms with Gasteiger partial charge in [-0.3, -0.25) is 0 Å². The lowest BCUT2D eigenvalue weighted by Crippen LogP contribution is -2.74. The Kier molecular flexibility index (Phi) is 4.89. The van der Waals surface area contributed by atoms with Gasteiger partial charge < -0.3 is 8.23 Å². The van der Waals surface area contributed by atoms with E-state index in [-0.39, 0.29) is 0 Å². The van der Waals surface area contributed by atoms with Crippen LogP contribution in [0.3, 0.4) is 0 Å². The molecule has 2 nitrogen and oxygen atoms in total. The molecule has 0 saturated heterocycles. The van der Waals surface area contributed by atoms with Crippen molar-refractivity contribution in [1.82, 2.24) is 0 Å². The van der Waals surface area contributed by atoms with E-state index in [1.54, 1.807) is 0 Å². The lowest BCUT2D eigenvalue weighted by molar-refractivity contribution is -0.183. The zero-order valence-electron chi connectivity index (χ0n) is 7.22. The van der Waals surface area contributed by atoms with Crippen molar-refractivity contribution >= 4 is 28.8 Å². The fourth-order valence-corrected chi connectivity index (χ4v) is 4.13. The van der Waals surface area contributed by atoms with Crippen molar-refractivity contribution in [2.24, 2.45) is 0 Å². The molecule has 0 saturated carbocycles. The Labute approximate surface area is 94.8 Å². The zero-order valence-corrected chi connectivity index (χ0v) is 10.2. The minimum absolute atomic E-state index is 1.96. The Morgan fingerprint density at radius 1 is 0.765 bits per heavy atom. The minimum atomic E-state index is -8.07. The van der Waals surface area contributed by atoms with Crippen molar-refractivity contribution in [2.75, 3.05) is 0 Å². The topological polar surface area (TPSA) is 18.5 Å². The van der Waals surface area contributed by atoms with Crippen molar-refractivity contribution in [3.05, 3.63) is 0 Å². The van der Waals surface area contributed by atoms with E-state index in [1.165, 1.54) is 0 Å². The average Bonchev–Trinajstić information content (AvgIpc) is 1.96. The molecule has 0 aromatic heterocycles. The second kappa shape index (κ2) is 4.90. The van der Waals surface area contributed by atoms with Gasteiger partial charge in [-0.1, -0.05) is 0 Å². The van der Waals surface area contributed by atoms with Crippen molar-refractivity contribution in [3.63, 3.8) is 0 Å². The molecule has 17 heavy (non-hydrogen) atoms. The second-order valence-electron chi connectivity index (χ2n) is 2.46. The monoisotopic (exact) mass is 323 g/mol. The lowest BCUT2D eigenvalue weighted by atomic mass is 11.4. The average molecular weight is 323 g/mol. The van der Waals surface area contributed by atoms with E-state index in [0.29, 0.717) is 0 Å².